The van der Waals surface area contributed by atoms with Crippen molar-refractivity contribution in [2.45, 2.75) is 32.6 Å². The van der Waals surface area contributed by atoms with E-state index in [1.807, 2.05) is 60.0 Å². The molecule has 7 heteroatoms. The maximum Gasteiger partial charge on any atom is 0.308 e. The number of hydrogen-bond acceptors (Lipinski definition) is 5. The zero-order valence-electron chi connectivity index (χ0n) is 16.7. The summed E-state index contributed by atoms with van der Waals surface area (Å²) in [6, 6.07) is 15.8. The molecule has 2 aromatic carbocycles. The Labute approximate surface area is 179 Å². The quantitative estimate of drug-likeness (QED) is 0.272. The molecule has 0 fully saturated rings. The van der Waals surface area contributed by atoms with Crippen LogP contribution in [0.3, 0.4) is 0 Å². The van der Waals surface area contributed by atoms with Crippen LogP contribution in [0.1, 0.15) is 31.9 Å². The molecule has 2 heterocycles. The van der Waals surface area contributed by atoms with Gasteiger partial charge < -0.3 is 9.15 Å². The highest BCUT2D eigenvalue weighted by Crippen LogP contribution is 2.29. The number of nitrogens with zero attached hydrogens (tertiary/aromatic N) is 3. The maximum absolute atomic E-state index is 11.6. The minimum absolute atomic E-state index is 0.168. The number of halogens is 1. The van der Waals surface area contributed by atoms with Crippen molar-refractivity contribution in [1.29, 1.82) is 0 Å². The lowest BCUT2D eigenvalue weighted by atomic mass is 10.1. The van der Waals surface area contributed by atoms with Gasteiger partial charge in [0.25, 0.3) is 0 Å². The molecular weight excluding hydrogens is 402 g/mol. The number of benzene rings is 2. The number of carbonyl (C=O) groups is 1. The summed E-state index contributed by atoms with van der Waals surface area (Å²) in [5, 5.41) is 0.666. The van der Waals surface area contributed by atoms with Crippen LogP contribution in [0.15, 0.2) is 59.3 Å². The molecule has 0 bridgehead atoms. The first-order valence-electron chi connectivity index (χ1n) is 9.99. The number of carbonyl (C=O) groups excluding carboxylic acids is 1. The molecule has 0 saturated carbocycles. The van der Waals surface area contributed by atoms with Gasteiger partial charge in [0, 0.05) is 23.4 Å². The van der Waals surface area contributed by atoms with Gasteiger partial charge >= 0.3 is 12.0 Å². The highest BCUT2D eigenvalue weighted by Gasteiger charge is 2.18. The van der Waals surface area contributed by atoms with Gasteiger partial charge in [-0.2, -0.15) is 4.98 Å². The highest BCUT2D eigenvalue weighted by atomic mass is 35.5. The SMILES string of the molecule is CCOC(=O)CCCCc1oc(-n2cnc3ccccc32)nc1-c1ccc(Cl)cc1. The van der Waals surface area contributed by atoms with Gasteiger partial charge in [-0.1, -0.05) is 35.9 Å². The van der Waals surface area contributed by atoms with Gasteiger partial charge in [0.2, 0.25) is 0 Å². The van der Waals surface area contributed by atoms with Crippen LogP contribution in [0.2, 0.25) is 5.02 Å². The molecule has 0 spiro atoms. The van der Waals surface area contributed by atoms with E-state index in [-0.39, 0.29) is 5.97 Å². The third kappa shape index (κ3) is 4.39. The molecule has 6 nitrogen and oxygen atoms in total. The van der Waals surface area contributed by atoms with Crippen LogP contribution in [0, 0.1) is 0 Å². The summed E-state index contributed by atoms with van der Waals surface area (Å²) >= 11 is 6.05. The maximum atomic E-state index is 11.6. The highest BCUT2D eigenvalue weighted by molar-refractivity contribution is 6.30. The number of fused-ring (bicyclic) bond motifs is 1. The van der Waals surface area contributed by atoms with Gasteiger partial charge in [-0.05, 0) is 44.0 Å². The molecule has 0 atom stereocenters. The van der Waals surface area contributed by atoms with Gasteiger partial charge in [0.05, 0.1) is 17.6 Å². The summed E-state index contributed by atoms with van der Waals surface area (Å²) < 4.78 is 13.0. The van der Waals surface area contributed by atoms with Gasteiger partial charge in [0.1, 0.15) is 17.8 Å². The van der Waals surface area contributed by atoms with Crippen molar-refractivity contribution in [3.8, 4) is 17.3 Å². The van der Waals surface area contributed by atoms with Crippen LogP contribution >= 0.6 is 11.6 Å². The number of hydrogen-bond donors (Lipinski definition) is 0. The molecule has 2 aromatic heterocycles. The number of aryl methyl sites for hydroxylation is 1. The van der Waals surface area contributed by atoms with E-state index in [9.17, 15) is 4.79 Å². The smallest absolute Gasteiger partial charge is 0.308 e. The average Bonchev–Trinajstić information content (AvgIpc) is 3.36. The number of esters is 1. The number of ether oxygens (including phenoxy) is 1. The van der Waals surface area contributed by atoms with E-state index in [4.69, 9.17) is 25.7 Å². The van der Waals surface area contributed by atoms with Gasteiger partial charge in [-0.25, -0.2) is 4.98 Å². The standard InChI is InChI=1S/C23H22ClN3O3/c1-2-29-21(28)10-6-5-9-20-22(16-11-13-17(24)14-12-16)26-23(30-20)27-15-25-18-7-3-4-8-19(18)27/h3-4,7-8,11-15H,2,5-6,9-10H2,1H3. The second-order valence-corrected chi connectivity index (χ2v) is 7.33. The summed E-state index contributed by atoms with van der Waals surface area (Å²) in [5.41, 5.74) is 3.50. The van der Waals surface area contributed by atoms with Crippen LogP contribution < -0.4 is 0 Å². The summed E-state index contributed by atoms with van der Waals surface area (Å²) in [7, 11) is 0. The van der Waals surface area contributed by atoms with E-state index >= 15 is 0 Å². The lowest BCUT2D eigenvalue weighted by Crippen LogP contribution is -2.03. The predicted molar refractivity (Wildman–Crippen MR) is 116 cm³/mol. The van der Waals surface area contributed by atoms with E-state index in [1.165, 1.54) is 0 Å². The summed E-state index contributed by atoms with van der Waals surface area (Å²) in [5.74, 6) is 0.604. The first-order chi connectivity index (χ1) is 14.7. The molecule has 0 saturated heterocycles. The lowest BCUT2D eigenvalue weighted by Gasteiger charge is -2.03. The van der Waals surface area contributed by atoms with E-state index in [0.29, 0.717) is 30.5 Å². The van der Waals surface area contributed by atoms with E-state index in [0.717, 1.165) is 40.9 Å². The topological polar surface area (TPSA) is 70.2 Å². The lowest BCUT2D eigenvalue weighted by molar-refractivity contribution is -0.143. The fourth-order valence-electron chi connectivity index (χ4n) is 3.34. The molecular formula is C23H22ClN3O3. The summed E-state index contributed by atoms with van der Waals surface area (Å²) in [4.78, 5) is 20.8. The van der Waals surface area contributed by atoms with Crippen molar-refractivity contribution in [3.05, 3.63) is 65.6 Å². The first kappa shape index (κ1) is 20.2. The van der Waals surface area contributed by atoms with Crippen molar-refractivity contribution in [1.82, 2.24) is 14.5 Å². The Balaban J connectivity index is 1.62. The molecule has 30 heavy (non-hydrogen) atoms. The zero-order chi connectivity index (χ0) is 20.9. The number of imidazole rings is 1. The van der Waals surface area contributed by atoms with Crippen LogP contribution in [0.5, 0.6) is 0 Å². The van der Waals surface area contributed by atoms with E-state index in [2.05, 4.69) is 4.98 Å². The van der Waals surface area contributed by atoms with Crippen molar-refractivity contribution in [2.24, 2.45) is 0 Å². The molecule has 0 aliphatic carbocycles. The number of para-hydroxylation sites is 2. The predicted octanol–water partition coefficient (Wildman–Crippen LogP) is 5.61. The first-order valence-corrected chi connectivity index (χ1v) is 10.4. The van der Waals surface area contributed by atoms with Crippen molar-refractivity contribution < 1.29 is 13.9 Å². The second kappa shape index (κ2) is 9.13. The number of rotatable bonds is 8. The van der Waals surface area contributed by atoms with Gasteiger partial charge in [0.15, 0.2) is 0 Å². The van der Waals surface area contributed by atoms with Crippen LogP contribution in [0.4, 0.5) is 0 Å². The molecule has 4 aromatic rings. The molecule has 0 N–H and O–H groups in total. The Kier molecular flexibility index (Phi) is 6.14. The Morgan fingerprint density at radius 3 is 2.73 bits per heavy atom. The Morgan fingerprint density at radius 1 is 1.13 bits per heavy atom. The van der Waals surface area contributed by atoms with E-state index < -0.39 is 0 Å². The van der Waals surface area contributed by atoms with Gasteiger partial charge in [-0.15, -0.1) is 0 Å². The van der Waals surface area contributed by atoms with Gasteiger partial charge in [-0.3, -0.25) is 9.36 Å². The minimum Gasteiger partial charge on any atom is -0.466 e. The fraction of sp³-hybridized carbons (Fsp3) is 0.261. The fourth-order valence-corrected chi connectivity index (χ4v) is 3.47. The Bertz CT molecular complexity index is 1150. The van der Waals surface area contributed by atoms with Crippen molar-refractivity contribution >= 4 is 28.6 Å². The second-order valence-electron chi connectivity index (χ2n) is 6.89. The molecule has 0 aliphatic rings. The third-order valence-corrected chi connectivity index (χ3v) is 5.06. The Hall–Kier alpha value is -3.12. The average molecular weight is 424 g/mol. The van der Waals surface area contributed by atoms with E-state index in [1.54, 1.807) is 6.33 Å². The molecule has 4 rings (SSSR count). The number of aromatic nitrogens is 3. The summed E-state index contributed by atoms with van der Waals surface area (Å²) in [6.07, 6.45) is 4.29. The van der Waals surface area contributed by atoms with Crippen LogP contribution in [-0.2, 0) is 16.0 Å². The number of unbranched alkanes of at least 4 members (excludes halogenated alkanes) is 1. The largest absolute Gasteiger partial charge is 0.466 e. The third-order valence-electron chi connectivity index (χ3n) is 4.80. The molecule has 0 aliphatic heterocycles. The van der Waals surface area contributed by atoms with Crippen LogP contribution in [-0.4, -0.2) is 27.1 Å². The van der Waals surface area contributed by atoms with Crippen LogP contribution in [0.25, 0.3) is 28.3 Å². The summed E-state index contributed by atoms with van der Waals surface area (Å²) in [6.45, 7) is 2.22. The molecule has 154 valence electrons. The molecule has 0 unspecified atom stereocenters. The number of oxazole rings is 1. The normalized spacial score (nSPS) is 11.1. The Morgan fingerprint density at radius 2 is 1.93 bits per heavy atom. The molecule has 0 amide bonds. The zero-order valence-corrected chi connectivity index (χ0v) is 17.4. The minimum atomic E-state index is -0.168. The van der Waals surface area contributed by atoms with Crippen molar-refractivity contribution in [3.63, 3.8) is 0 Å². The molecule has 0 radical (unpaired) electrons. The van der Waals surface area contributed by atoms with Crippen molar-refractivity contribution in [2.75, 3.05) is 6.61 Å². The monoisotopic (exact) mass is 423 g/mol.